The summed E-state index contributed by atoms with van der Waals surface area (Å²) in [6.45, 7) is 0. The van der Waals surface area contributed by atoms with Crippen molar-refractivity contribution in [2.45, 2.75) is 0 Å². The van der Waals surface area contributed by atoms with Crippen LogP contribution in [0.3, 0.4) is 0 Å². The number of thiocarbonyl (C=S) groups is 1. The fourth-order valence-electron chi connectivity index (χ4n) is 1.81. The first-order chi connectivity index (χ1) is 9.52. The standard InChI is InChI=1S/C15H14N2O2S/c1-16-13(18)12(14(19)17(2)15(16)20)10-6-9-11-7-4-3-5-8-11/h3-10H,1-2H3/b9-6+. The average Bonchev–Trinajstić information content (AvgIpc) is 2.48. The Labute approximate surface area is 123 Å². The quantitative estimate of drug-likeness (QED) is 0.473. The Bertz CT molecular complexity index is 594. The van der Waals surface area contributed by atoms with Gasteiger partial charge in [-0.05, 0) is 23.9 Å². The van der Waals surface area contributed by atoms with Crippen LogP contribution in [0.25, 0.3) is 6.08 Å². The fourth-order valence-corrected chi connectivity index (χ4v) is 1.98. The monoisotopic (exact) mass is 286 g/mol. The summed E-state index contributed by atoms with van der Waals surface area (Å²) < 4.78 is 0. The summed E-state index contributed by atoms with van der Waals surface area (Å²) in [5, 5.41) is 0.212. The summed E-state index contributed by atoms with van der Waals surface area (Å²) in [5.74, 6) is -0.758. The van der Waals surface area contributed by atoms with E-state index in [0.29, 0.717) is 0 Å². The number of hydrogen-bond acceptors (Lipinski definition) is 3. The maximum absolute atomic E-state index is 12.0. The minimum absolute atomic E-state index is 0.107. The van der Waals surface area contributed by atoms with Gasteiger partial charge in [-0.3, -0.25) is 19.4 Å². The van der Waals surface area contributed by atoms with Gasteiger partial charge < -0.3 is 0 Å². The van der Waals surface area contributed by atoms with Gasteiger partial charge in [0.1, 0.15) is 5.57 Å². The molecule has 0 saturated carbocycles. The van der Waals surface area contributed by atoms with Crippen molar-refractivity contribution >= 4 is 35.2 Å². The lowest BCUT2D eigenvalue weighted by atomic mass is 10.1. The van der Waals surface area contributed by atoms with E-state index in [1.807, 2.05) is 36.4 Å². The molecule has 4 nitrogen and oxygen atoms in total. The molecule has 20 heavy (non-hydrogen) atoms. The molecule has 0 N–H and O–H groups in total. The maximum Gasteiger partial charge on any atom is 0.265 e. The maximum atomic E-state index is 12.0. The minimum Gasteiger partial charge on any atom is -0.288 e. The van der Waals surface area contributed by atoms with E-state index in [2.05, 4.69) is 0 Å². The Morgan fingerprint density at radius 2 is 1.55 bits per heavy atom. The SMILES string of the molecule is CN1C(=O)C(=C/C=C/c2ccccc2)C(=O)N(C)C1=S. The topological polar surface area (TPSA) is 40.6 Å². The molecule has 0 spiro atoms. The molecule has 0 radical (unpaired) electrons. The average molecular weight is 286 g/mol. The van der Waals surface area contributed by atoms with Crippen LogP contribution >= 0.6 is 12.2 Å². The van der Waals surface area contributed by atoms with Gasteiger partial charge in [0.15, 0.2) is 5.11 Å². The second kappa shape index (κ2) is 5.79. The fraction of sp³-hybridized carbons (Fsp3) is 0.133. The Morgan fingerprint density at radius 1 is 1.00 bits per heavy atom. The lowest BCUT2D eigenvalue weighted by molar-refractivity contribution is -0.132. The zero-order valence-corrected chi connectivity index (χ0v) is 12.1. The van der Waals surface area contributed by atoms with Crippen molar-refractivity contribution in [3.8, 4) is 0 Å². The highest BCUT2D eigenvalue weighted by Gasteiger charge is 2.34. The second-order valence-corrected chi connectivity index (χ2v) is 4.73. The molecule has 1 aromatic rings. The van der Waals surface area contributed by atoms with Gasteiger partial charge >= 0.3 is 0 Å². The summed E-state index contributed by atoms with van der Waals surface area (Å²) in [6.07, 6.45) is 5.05. The predicted molar refractivity (Wildman–Crippen MR) is 81.7 cm³/mol. The van der Waals surface area contributed by atoms with Crippen molar-refractivity contribution in [2.75, 3.05) is 14.1 Å². The van der Waals surface area contributed by atoms with Gasteiger partial charge in [0.2, 0.25) is 0 Å². The summed E-state index contributed by atoms with van der Waals surface area (Å²) in [7, 11) is 3.12. The Morgan fingerprint density at radius 3 is 2.10 bits per heavy atom. The van der Waals surface area contributed by atoms with Gasteiger partial charge in [0, 0.05) is 14.1 Å². The molecule has 0 aliphatic carbocycles. The molecular weight excluding hydrogens is 272 g/mol. The third kappa shape index (κ3) is 2.67. The third-order valence-corrected chi connectivity index (χ3v) is 3.54. The van der Waals surface area contributed by atoms with E-state index in [1.54, 1.807) is 20.2 Å². The minimum atomic E-state index is -0.379. The van der Waals surface area contributed by atoms with Crippen LogP contribution in [0.4, 0.5) is 0 Å². The predicted octanol–water partition coefficient (Wildman–Crippen LogP) is 1.84. The molecule has 102 valence electrons. The Balaban J connectivity index is 2.24. The van der Waals surface area contributed by atoms with Crippen LogP contribution in [-0.2, 0) is 9.59 Å². The lowest BCUT2D eigenvalue weighted by Crippen LogP contribution is -2.52. The van der Waals surface area contributed by atoms with Crippen molar-refractivity contribution < 1.29 is 9.59 Å². The molecule has 0 bridgehead atoms. The van der Waals surface area contributed by atoms with Crippen LogP contribution in [0.5, 0.6) is 0 Å². The van der Waals surface area contributed by atoms with E-state index >= 15 is 0 Å². The normalized spacial score (nSPS) is 16.3. The van der Waals surface area contributed by atoms with Crippen LogP contribution in [0.2, 0.25) is 0 Å². The van der Waals surface area contributed by atoms with Crippen LogP contribution in [0.15, 0.2) is 48.1 Å². The molecule has 0 aromatic heterocycles. The molecule has 5 heteroatoms. The van der Waals surface area contributed by atoms with Gasteiger partial charge in [-0.25, -0.2) is 0 Å². The molecule has 1 fully saturated rings. The van der Waals surface area contributed by atoms with Gasteiger partial charge in [0.25, 0.3) is 11.8 Å². The smallest absolute Gasteiger partial charge is 0.265 e. The highest BCUT2D eigenvalue weighted by Crippen LogP contribution is 2.15. The molecule has 1 heterocycles. The Hall–Kier alpha value is -2.27. The zero-order valence-electron chi connectivity index (χ0n) is 11.2. The molecular formula is C15H14N2O2S. The number of amides is 2. The summed E-state index contributed by atoms with van der Waals surface area (Å²) in [4.78, 5) is 26.6. The van der Waals surface area contributed by atoms with E-state index in [9.17, 15) is 9.59 Å². The van der Waals surface area contributed by atoms with E-state index in [0.717, 1.165) is 5.56 Å². The molecule has 1 aromatic carbocycles. The number of likely N-dealkylation sites (N-methyl/N-ethyl adjacent to an activating group) is 2. The first-order valence-corrected chi connectivity index (χ1v) is 6.46. The van der Waals surface area contributed by atoms with E-state index in [-0.39, 0.29) is 22.5 Å². The summed E-state index contributed by atoms with van der Waals surface area (Å²) in [6, 6.07) is 9.64. The highest BCUT2D eigenvalue weighted by molar-refractivity contribution is 7.80. The molecule has 1 aliphatic heterocycles. The van der Waals surface area contributed by atoms with Gasteiger partial charge in [0.05, 0.1) is 0 Å². The van der Waals surface area contributed by atoms with Crippen LogP contribution in [0.1, 0.15) is 5.56 Å². The van der Waals surface area contributed by atoms with Crippen molar-refractivity contribution in [3.63, 3.8) is 0 Å². The summed E-state index contributed by atoms with van der Waals surface area (Å²) >= 11 is 5.01. The Kier molecular flexibility index (Phi) is 4.10. The highest BCUT2D eigenvalue weighted by atomic mass is 32.1. The second-order valence-electron chi connectivity index (χ2n) is 4.36. The first-order valence-electron chi connectivity index (χ1n) is 6.06. The molecule has 0 unspecified atom stereocenters. The molecule has 2 rings (SSSR count). The van der Waals surface area contributed by atoms with Crippen LogP contribution in [-0.4, -0.2) is 40.8 Å². The number of hydrogen-bond donors (Lipinski definition) is 0. The van der Waals surface area contributed by atoms with Crippen LogP contribution in [0, 0.1) is 0 Å². The van der Waals surface area contributed by atoms with E-state index < -0.39 is 0 Å². The first kappa shape index (κ1) is 14.1. The van der Waals surface area contributed by atoms with E-state index in [4.69, 9.17) is 12.2 Å². The number of carbonyl (C=O) groups excluding carboxylic acids is 2. The number of nitrogens with zero attached hydrogens (tertiary/aromatic N) is 2. The lowest BCUT2D eigenvalue weighted by Gasteiger charge is -2.31. The third-order valence-electron chi connectivity index (χ3n) is 3.00. The summed E-state index contributed by atoms with van der Waals surface area (Å²) in [5.41, 5.74) is 1.10. The van der Waals surface area contributed by atoms with Crippen molar-refractivity contribution in [1.29, 1.82) is 0 Å². The number of allylic oxidation sites excluding steroid dienone is 2. The van der Waals surface area contributed by atoms with Gasteiger partial charge in [-0.15, -0.1) is 0 Å². The zero-order chi connectivity index (χ0) is 14.7. The van der Waals surface area contributed by atoms with E-state index in [1.165, 1.54) is 15.9 Å². The van der Waals surface area contributed by atoms with Gasteiger partial charge in [-0.1, -0.05) is 42.5 Å². The molecule has 2 amide bonds. The number of benzene rings is 1. The van der Waals surface area contributed by atoms with Crippen molar-refractivity contribution in [1.82, 2.24) is 9.80 Å². The van der Waals surface area contributed by atoms with Gasteiger partial charge in [-0.2, -0.15) is 0 Å². The number of carbonyl (C=O) groups is 2. The molecule has 1 aliphatic rings. The number of rotatable bonds is 2. The van der Waals surface area contributed by atoms with Crippen LogP contribution < -0.4 is 0 Å². The largest absolute Gasteiger partial charge is 0.288 e. The molecule has 0 atom stereocenters. The van der Waals surface area contributed by atoms with Crippen molar-refractivity contribution in [3.05, 3.63) is 53.6 Å². The van der Waals surface area contributed by atoms with Crippen molar-refractivity contribution in [2.24, 2.45) is 0 Å². The molecule has 1 saturated heterocycles.